The van der Waals surface area contributed by atoms with Crippen LogP contribution in [0.2, 0.25) is 0 Å². The minimum absolute atomic E-state index is 0.0449. The Morgan fingerprint density at radius 1 is 0.887 bits per heavy atom. The summed E-state index contributed by atoms with van der Waals surface area (Å²) in [5.74, 6) is -0.266. The summed E-state index contributed by atoms with van der Waals surface area (Å²) in [6.07, 6.45) is 0.227. The highest BCUT2D eigenvalue weighted by atomic mass is 79.9. The van der Waals surface area contributed by atoms with Crippen molar-refractivity contribution in [3.8, 4) is 22.7 Å². The Kier molecular flexibility index (Phi) is 12.2. The smallest absolute Gasteiger partial charge is 0.476 e. The number of tetrazole rings is 1. The number of benzene rings is 5. The number of aliphatic carboxylic acids is 1. The first-order chi connectivity index (χ1) is 30.1. The normalized spacial score (nSPS) is 15.7. The zero-order valence-electron chi connectivity index (χ0n) is 34.3. The third kappa shape index (κ3) is 7.60. The molecular formula is C48H44BrClN6O6. The first kappa shape index (κ1) is 42.3. The zero-order valence-corrected chi connectivity index (χ0v) is 36.6. The van der Waals surface area contributed by atoms with Crippen LogP contribution in [0.15, 0.2) is 153 Å². The highest BCUT2D eigenvalue weighted by Crippen LogP contribution is 2.45. The maximum atomic E-state index is 12.8. The molecule has 0 aliphatic carbocycles. The van der Waals surface area contributed by atoms with Crippen molar-refractivity contribution in [2.75, 3.05) is 6.61 Å². The Morgan fingerprint density at radius 3 is 2.06 bits per heavy atom. The Morgan fingerprint density at radius 2 is 1.48 bits per heavy atom. The highest BCUT2D eigenvalue weighted by molar-refractivity contribution is 9.10. The minimum Gasteiger partial charge on any atom is -0.476 e. The lowest BCUT2D eigenvalue weighted by Crippen LogP contribution is -2.61. The molecule has 0 spiro atoms. The summed E-state index contributed by atoms with van der Waals surface area (Å²) in [4.78, 5) is 28.7. The number of aromatic nitrogens is 4. The molecule has 1 aliphatic heterocycles. The molecule has 2 aromatic heterocycles. The molecule has 316 valence electrons. The molecule has 1 aliphatic rings. The van der Waals surface area contributed by atoms with E-state index in [0.29, 0.717) is 40.0 Å². The maximum absolute atomic E-state index is 12.8. The number of nitrogens with zero attached hydrogens (tertiary/aromatic N) is 5. The van der Waals surface area contributed by atoms with Gasteiger partial charge < -0.3 is 29.2 Å². The number of halogens is 2. The average molecular weight is 916 g/mol. The van der Waals surface area contributed by atoms with Crippen LogP contribution in [0, 0.1) is 0 Å². The molecule has 14 heteroatoms. The van der Waals surface area contributed by atoms with E-state index in [0.717, 1.165) is 39.6 Å². The molecule has 12 nitrogen and oxygen atoms in total. The third-order valence-electron chi connectivity index (χ3n) is 11.3. The van der Waals surface area contributed by atoms with Crippen molar-refractivity contribution in [3.63, 3.8) is 0 Å². The van der Waals surface area contributed by atoms with Gasteiger partial charge >= 0.3 is 12.1 Å². The third-order valence-corrected chi connectivity index (χ3v) is 12.4. The van der Waals surface area contributed by atoms with Gasteiger partial charge in [0.1, 0.15) is 28.3 Å². The van der Waals surface area contributed by atoms with E-state index in [-0.39, 0.29) is 24.0 Å². The number of carboxylic acids is 1. The standard InChI is InChI=1S/C48H44BrClN6O6/c1-4-6-28-47(31(3)61-46(59)60-5-2)51-43(50)41(45(57)58)55(47)30-32-26-27-39-38(29-32)40(49)42(62-39)36-24-16-17-25-37(36)44-52-54-56(53-44)48(33-18-10-7-11-19-33,34-20-12-8-13-21-34)35-22-14-9-15-23-35/h7-27,29,31,51H,4-6,28,30H2,1-3H3,(H,57,58). The molecule has 2 atom stereocenters. The summed E-state index contributed by atoms with van der Waals surface area (Å²) in [5.41, 5.74) is 3.43. The summed E-state index contributed by atoms with van der Waals surface area (Å²) >= 11 is 10.5. The Labute approximate surface area is 372 Å². The van der Waals surface area contributed by atoms with Gasteiger partial charge in [0.05, 0.1) is 11.1 Å². The van der Waals surface area contributed by atoms with Gasteiger partial charge in [-0.3, -0.25) is 0 Å². The van der Waals surface area contributed by atoms with Crippen LogP contribution in [-0.4, -0.2) is 60.7 Å². The predicted molar refractivity (Wildman–Crippen MR) is 240 cm³/mol. The van der Waals surface area contributed by atoms with Crippen LogP contribution >= 0.6 is 27.5 Å². The van der Waals surface area contributed by atoms with E-state index in [1.807, 2.05) is 104 Å². The minimum atomic E-state index is -1.22. The molecule has 3 heterocycles. The molecule has 0 fully saturated rings. The van der Waals surface area contributed by atoms with Crippen molar-refractivity contribution in [1.29, 1.82) is 0 Å². The van der Waals surface area contributed by atoms with Crippen molar-refractivity contribution >= 4 is 50.6 Å². The summed E-state index contributed by atoms with van der Waals surface area (Å²) in [5, 5.41) is 29.0. The molecule has 7 aromatic rings. The number of carboxylic acid groups (broad SMARTS) is 1. The lowest BCUT2D eigenvalue weighted by atomic mass is 9.77. The van der Waals surface area contributed by atoms with E-state index in [4.69, 9.17) is 40.9 Å². The molecule has 0 amide bonds. The molecule has 0 bridgehead atoms. The highest BCUT2D eigenvalue weighted by Gasteiger charge is 2.52. The fourth-order valence-corrected chi connectivity index (χ4v) is 9.37. The zero-order chi connectivity index (χ0) is 43.4. The summed E-state index contributed by atoms with van der Waals surface area (Å²) in [6, 6.07) is 43.9. The van der Waals surface area contributed by atoms with Gasteiger partial charge in [0.15, 0.2) is 11.2 Å². The summed E-state index contributed by atoms with van der Waals surface area (Å²) in [7, 11) is 0. The molecular weight excluding hydrogens is 872 g/mol. The van der Waals surface area contributed by atoms with Crippen LogP contribution < -0.4 is 5.32 Å². The fraction of sp³-hybridized carbons (Fsp3) is 0.229. The van der Waals surface area contributed by atoms with E-state index in [9.17, 15) is 14.7 Å². The van der Waals surface area contributed by atoms with Gasteiger partial charge in [0.2, 0.25) is 5.82 Å². The van der Waals surface area contributed by atoms with Gasteiger partial charge in [-0.1, -0.05) is 146 Å². The van der Waals surface area contributed by atoms with Crippen LogP contribution in [0.4, 0.5) is 4.79 Å². The second kappa shape index (κ2) is 17.9. The first-order valence-electron chi connectivity index (χ1n) is 20.4. The number of unbranched alkanes of at least 4 members (excludes halogenated alkanes) is 1. The molecule has 0 saturated heterocycles. The Balaban J connectivity index is 1.19. The number of fused-ring (bicyclic) bond motifs is 1. The van der Waals surface area contributed by atoms with Gasteiger partial charge in [-0.2, -0.15) is 0 Å². The number of furan rings is 1. The number of hydrogen-bond donors (Lipinski definition) is 2. The van der Waals surface area contributed by atoms with Crippen molar-refractivity contribution in [3.05, 3.63) is 171 Å². The van der Waals surface area contributed by atoms with Gasteiger partial charge in [-0.05, 0) is 82.2 Å². The second-order valence-corrected chi connectivity index (χ2v) is 16.2. The van der Waals surface area contributed by atoms with Crippen molar-refractivity contribution in [2.45, 2.75) is 63.9 Å². The number of hydrogen-bond acceptors (Lipinski definition) is 10. The molecule has 8 rings (SSSR count). The first-order valence-corrected chi connectivity index (χ1v) is 21.6. The average Bonchev–Trinajstić information content (AvgIpc) is 3.99. The number of ether oxygens (including phenoxy) is 2. The molecule has 5 aromatic carbocycles. The van der Waals surface area contributed by atoms with E-state index in [1.165, 1.54) is 0 Å². The predicted octanol–water partition coefficient (Wildman–Crippen LogP) is 10.7. The van der Waals surface area contributed by atoms with Gasteiger partial charge in [0.25, 0.3) is 0 Å². The van der Waals surface area contributed by atoms with Crippen LogP contribution in [-0.2, 0) is 26.4 Å². The fourth-order valence-electron chi connectivity index (χ4n) is 8.42. The molecule has 0 radical (unpaired) electrons. The quantitative estimate of drug-likeness (QED) is 0.0576. The molecule has 62 heavy (non-hydrogen) atoms. The van der Waals surface area contributed by atoms with Crippen molar-refractivity contribution in [1.82, 2.24) is 30.4 Å². The van der Waals surface area contributed by atoms with Crippen LogP contribution in [0.25, 0.3) is 33.7 Å². The Hall–Kier alpha value is -6.44. The number of rotatable bonds is 15. The van der Waals surface area contributed by atoms with E-state index >= 15 is 0 Å². The maximum Gasteiger partial charge on any atom is 0.508 e. The number of nitrogens with one attached hydrogen (secondary N) is 1. The number of carbonyl (C=O) groups is 2. The molecule has 2 unspecified atom stereocenters. The van der Waals surface area contributed by atoms with Crippen LogP contribution in [0.1, 0.15) is 62.3 Å². The monoisotopic (exact) mass is 914 g/mol. The van der Waals surface area contributed by atoms with E-state index in [2.05, 4.69) is 57.6 Å². The lowest BCUT2D eigenvalue weighted by Gasteiger charge is -2.44. The molecule has 2 N–H and O–H groups in total. The van der Waals surface area contributed by atoms with Crippen LogP contribution in [0.3, 0.4) is 0 Å². The summed E-state index contributed by atoms with van der Waals surface area (Å²) < 4.78 is 18.1. The van der Waals surface area contributed by atoms with Crippen molar-refractivity contribution in [2.24, 2.45) is 0 Å². The van der Waals surface area contributed by atoms with E-state index < -0.39 is 29.4 Å². The SMILES string of the molecule is CCCCC1(C(C)OC(=O)OCC)NC(Cl)=C(C(=O)O)N1Cc1ccc2oc(-c3ccccc3-c3nnn(C(c4ccccc4)(c4ccccc4)c4ccccc4)n3)c(Br)c2c1. The lowest BCUT2D eigenvalue weighted by molar-refractivity contribution is -0.136. The molecule has 0 saturated carbocycles. The summed E-state index contributed by atoms with van der Waals surface area (Å²) in [6.45, 7) is 5.67. The van der Waals surface area contributed by atoms with Gasteiger partial charge in [-0.15, -0.1) is 15.0 Å². The second-order valence-electron chi connectivity index (χ2n) is 15.0. The van der Waals surface area contributed by atoms with Crippen molar-refractivity contribution < 1.29 is 28.6 Å². The topological polar surface area (TPSA) is 145 Å². The van der Waals surface area contributed by atoms with Gasteiger partial charge in [0, 0.05) is 23.1 Å². The van der Waals surface area contributed by atoms with Gasteiger partial charge in [-0.25, -0.2) is 9.59 Å². The number of carbonyl (C=O) groups excluding carboxylic acids is 1. The largest absolute Gasteiger partial charge is 0.508 e. The Bertz CT molecular complexity index is 2650. The van der Waals surface area contributed by atoms with E-state index in [1.54, 1.807) is 23.5 Å². The van der Waals surface area contributed by atoms with Crippen LogP contribution in [0.5, 0.6) is 0 Å².